The zero-order chi connectivity index (χ0) is 13.9. The molecule has 0 aliphatic carbocycles. The number of hydrogen-bond donors (Lipinski definition) is 0. The Morgan fingerprint density at radius 3 is 2.55 bits per heavy atom. The van der Waals surface area contributed by atoms with Crippen molar-refractivity contribution >= 4 is 11.3 Å². The highest BCUT2D eigenvalue weighted by atomic mass is 32.1. The van der Waals surface area contributed by atoms with Gasteiger partial charge in [0.05, 0.1) is 0 Å². The Labute approximate surface area is 118 Å². The van der Waals surface area contributed by atoms with Crippen LogP contribution in [0.2, 0.25) is 0 Å². The quantitative estimate of drug-likeness (QED) is 0.685. The SMILES string of the molecule is Fc1ccc(F)c(Oc2ccc(-c3ccncc3)s2)c1. The van der Waals surface area contributed by atoms with Gasteiger partial charge in [-0.2, -0.15) is 0 Å². The molecule has 5 heteroatoms. The molecule has 0 saturated carbocycles. The van der Waals surface area contributed by atoms with Gasteiger partial charge in [-0.15, -0.1) is 0 Å². The number of aromatic nitrogens is 1. The first-order valence-corrected chi connectivity index (χ1v) is 6.67. The molecule has 0 bridgehead atoms. The molecular weight excluding hydrogens is 280 g/mol. The summed E-state index contributed by atoms with van der Waals surface area (Å²) in [5.41, 5.74) is 1.000. The number of hydrogen-bond acceptors (Lipinski definition) is 3. The fraction of sp³-hybridized carbons (Fsp3) is 0. The van der Waals surface area contributed by atoms with Gasteiger partial charge in [0.2, 0.25) is 0 Å². The zero-order valence-corrected chi connectivity index (χ0v) is 11.0. The number of halogens is 2. The van der Waals surface area contributed by atoms with Crippen LogP contribution in [-0.2, 0) is 0 Å². The molecular formula is C15H9F2NOS. The van der Waals surface area contributed by atoms with Crippen LogP contribution in [0.3, 0.4) is 0 Å². The molecule has 0 N–H and O–H groups in total. The summed E-state index contributed by atoms with van der Waals surface area (Å²) < 4.78 is 31.9. The Hall–Kier alpha value is -2.27. The molecule has 3 rings (SSSR count). The third-order valence-corrected chi connectivity index (χ3v) is 3.66. The monoisotopic (exact) mass is 289 g/mol. The summed E-state index contributed by atoms with van der Waals surface area (Å²) in [5, 5.41) is 0.501. The molecule has 2 heterocycles. The fourth-order valence-electron chi connectivity index (χ4n) is 1.71. The van der Waals surface area contributed by atoms with Gasteiger partial charge >= 0.3 is 0 Å². The van der Waals surface area contributed by atoms with Crippen LogP contribution in [-0.4, -0.2) is 4.98 Å². The number of nitrogens with zero attached hydrogens (tertiary/aromatic N) is 1. The summed E-state index contributed by atoms with van der Waals surface area (Å²) >= 11 is 1.36. The predicted molar refractivity (Wildman–Crippen MR) is 74.0 cm³/mol. The minimum absolute atomic E-state index is 0.117. The van der Waals surface area contributed by atoms with E-state index < -0.39 is 11.6 Å². The summed E-state index contributed by atoms with van der Waals surface area (Å²) in [5.74, 6) is -1.24. The van der Waals surface area contributed by atoms with Crippen molar-refractivity contribution in [3.8, 4) is 21.3 Å². The van der Waals surface area contributed by atoms with Crippen molar-refractivity contribution in [2.24, 2.45) is 0 Å². The summed E-state index contributed by atoms with van der Waals surface area (Å²) in [6.45, 7) is 0. The topological polar surface area (TPSA) is 22.1 Å². The van der Waals surface area contributed by atoms with Crippen LogP contribution in [0, 0.1) is 11.6 Å². The number of ether oxygens (including phenoxy) is 1. The van der Waals surface area contributed by atoms with Gasteiger partial charge in [-0.05, 0) is 42.0 Å². The second kappa shape index (κ2) is 5.38. The summed E-state index contributed by atoms with van der Waals surface area (Å²) in [4.78, 5) is 4.92. The average Bonchev–Trinajstić information content (AvgIpc) is 2.92. The van der Waals surface area contributed by atoms with E-state index in [2.05, 4.69) is 4.98 Å². The van der Waals surface area contributed by atoms with Crippen LogP contribution >= 0.6 is 11.3 Å². The zero-order valence-electron chi connectivity index (χ0n) is 10.2. The normalized spacial score (nSPS) is 10.5. The van der Waals surface area contributed by atoms with Crippen molar-refractivity contribution in [1.82, 2.24) is 4.98 Å². The Balaban J connectivity index is 1.86. The lowest BCUT2D eigenvalue weighted by molar-refractivity contribution is 0.446. The highest BCUT2D eigenvalue weighted by Gasteiger charge is 2.09. The number of thiophene rings is 1. The summed E-state index contributed by atoms with van der Waals surface area (Å²) in [6.07, 6.45) is 3.39. The van der Waals surface area contributed by atoms with Crippen molar-refractivity contribution in [3.63, 3.8) is 0 Å². The van der Waals surface area contributed by atoms with Crippen LogP contribution < -0.4 is 4.74 Å². The second-order valence-electron chi connectivity index (χ2n) is 4.03. The van der Waals surface area contributed by atoms with E-state index in [0.717, 1.165) is 28.6 Å². The number of pyridine rings is 1. The van der Waals surface area contributed by atoms with Gasteiger partial charge in [0.15, 0.2) is 16.6 Å². The predicted octanol–water partition coefficient (Wildman–Crippen LogP) is 4.88. The van der Waals surface area contributed by atoms with E-state index >= 15 is 0 Å². The van der Waals surface area contributed by atoms with Crippen molar-refractivity contribution in [3.05, 3.63) is 66.5 Å². The van der Waals surface area contributed by atoms with Gasteiger partial charge in [-0.1, -0.05) is 11.3 Å². The number of benzene rings is 1. The molecule has 2 nitrogen and oxygen atoms in total. The average molecular weight is 289 g/mol. The maximum atomic E-state index is 13.5. The highest BCUT2D eigenvalue weighted by molar-refractivity contribution is 7.17. The van der Waals surface area contributed by atoms with Crippen molar-refractivity contribution in [1.29, 1.82) is 0 Å². The van der Waals surface area contributed by atoms with Gasteiger partial charge < -0.3 is 4.74 Å². The third kappa shape index (κ3) is 2.67. The Kier molecular flexibility index (Phi) is 3.43. The molecule has 0 unspecified atom stereocenters. The highest BCUT2D eigenvalue weighted by Crippen LogP contribution is 2.36. The minimum Gasteiger partial charge on any atom is -0.443 e. The maximum Gasteiger partial charge on any atom is 0.181 e. The van der Waals surface area contributed by atoms with Crippen molar-refractivity contribution in [2.75, 3.05) is 0 Å². The smallest absolute Gasteiger partial charge is 0.181 e. The molecule has 100 valence electrons. The Bertz CT molecular complexity index is 728. The van der Waals surface area contributed by atoms with Crippen LogP contribution in [0.1, 0.15) is 0 Å². The lowest BCUT2D eigenvalue weighted by atomic mass is 10.2. The molecule has 20 heavy (non-hydrogen) atoms. The van der Waals surface area contributed by atoms with Gasteiger partial charge in [0, 0.05) is 23.3 Å². The molecule has 0 amide bonds. The maximum absolute atomic E-state index is 13.5. The molecule has 0 spiro atoms. The van der Waals surface area contributed by atoms with E-state index in [1.165, 1.54) is 11.3 Å². The Morgan fingerprint density at radius 2 is 1.75 bits per heavy atom. The van der Waals surface area contributed by atoms with Gasteiger partial charge in [0.1, 0.15) is 5.82 Å². The standard InChI is InChI=1S/C15H9F2NOS/c16-11-1-2-12(17)13(9-11)19-15-4-3-14(20-15)10-5-7-18-8-6-10/h1-9H. The molecule has 3 aromatic rings. The first-order chi connectivity index (χ1) is 9.72. The molecule has 0 radical (unpaired) electrons. The third-order valence-electron chi connectivity index (χ3n) is 2.65. The molecule has 0 aliphatic rings. The van der Waals surface area contributed by atoms with Crippen LogP contribution in [0.15, 0.2) is 54.9 Å². The summed E-state index contributed by atoms with van der Waals surface area (Å²) in [6, 6.07) is 10.5. The van der Waals surface area contributed by atoms with E-state index in [1.54, 1.807) is 18.5 Å². The lowest BCUT2D eigenvalue weighted by Gasteiger charge is -2.03. The van der Waals surface area contributed by atoms with Gasteiger partial charge in [-0.3, -0.25) is 4.98 Å². The van der Waals surface area contributed by atoms with E-state index in [9.17, 15) is 8.78 Å². The van der Waals surface area contributed by atoms with E-state index in [4.69, 9.17) is 4.74 Å². The summed E-state index contributed by atoms with van der Waals surface area (Å²) in [7, 11) is 0. The van der Waals surface area contributed by atoms with Crippen LogP contribution in [0.25, 0.3) is 10.4 Å². The van der Waals surface area contributed by atoms with Crippen molar-refractivity contribution < 1.29 is 13.5 Å². The lowest BCUT2D eigenvalue weighted by Crippen LogP contribution is -1.87. The van der Waals surface area contributed by atoms with Crippen LogP contribution in [0.5, 0.6) is 10.8 Å². The fourth-order valence-corrected chi connectivity index (χ4v) is 2.58. The van der Waals surface area contributed by atoms with E-state index in [1.807, 2.05) is 18.2 Å². The molecule has 0 atom stereocenters. The minimum atomic E-state index is -0.592. The largest absolute Gasteiger partial charge is 0.443 e. The Morgan fingerprint density at radius 1 is 0.950 bits per heavy atom. The number of rotatable bonds is 3. The molecule has 0 saturated heterocycles. The first kappa shape index (κ1) is 12.7. The van der Waals surface area contributed by atoms with Gasteiger partial charge in [0.25, 0.3) is 0 Å². The van der Waals surface area contributed by atoms with E-state index in [0.29, 0.717) is 5.06 Å². The molecule has 1 aromatic carbocycles. The van der Waals surface area contributed by atoms with Crippen molar-refractivity contribution in [2.45, 2.75) is 0 Å². The van der Waals surface area contributed by atoms with E-state index in [-0.39, 0.29) is 5.75 Å². The van der Waals surface area contributed by atoms with Gasteiger partial charge in [-0.25, -0.2) is 8.78 Å². The first-order valence-electron chi connectivity index (χ1n) is 5.85. The molecule has 0 aliphatic heterocycles. The molecule has 0 fully saturated rings. The second-order valence-corrected chi connectivity index (χ2v) is 5.08. The molecule has 2 aromatic heterocycles. The van der Waals surface area contributed by atoms with Crippen LogP contribution in [0.4, 0.5) is 8.78 Å².